The Morgan fingerprint density at radius 2 is 1.93 bits per heavy atom. The second kappa shape index (κ2) is 6.80. The van der Waals surface area contributed by atoms with Gasteiger partial charge in [-0.3, -0.25) is 4.90 Å². The molecule has 2 amide bonds. The number of amides is 2. The summed E-state index contributed by atoms with van der Waals surface area (Å²) in [7, 11) is -3.25. The minimum absolute atomic E-state index is 0.0581. The molecule has 144 valence electrons. The van der Waals surface area contributed by atoms with Crippen LogP contribution in [0, 0.1) is 18.3 Å². The molecule has 2 aromatic carbocycles. The Morgan fingerprint density at radius 3 is 2.64 bits per heavy atom. The van der Waals surface area contributed by atoms with Gasteiger partial charge < -0.3 is 4.90 Å². The van der Waals surface area contributed by atoms with Crippen molar-refractivity contribution in [3.63, 3.8) is 0 Å². The number of urea groups is 1. The van der Waals surface area contributed by atoms with Crippen LogP contribution in [0.1, 0.15) is 16.7 Å². The molecule has 2 atom stereocenters. The Bertz CT molecular complexity index is 1110. The predicted octanol–water partition coefficient (Wildman–Crippen LogP) is 3.13. The maximum atomic E-state index is 13.2. The standard InChI is InChI=1S/C20H18ClN3O3S/c1-13-5-6-16(8-17(13)21)24-19-12-28(26,27)11-18(19)23(20(24)25)10-15-4-2-3-14(7-15)9-22/h2-8,18-19H,10-12H2,1H3/t18-,19-/m1/s1. The normalized spacial score (nSPS) is 23.0. The number of halogens is 1. The van der Waals surface area contributed by atoms with Gasteiger partial charge in [-0.05, 0) is 42.3 Å². The maximum absolute atomic E-state index is 13.2. The number of nitrogens with zero attached hydrogens (tertiary/aromatic N) is 3. The quantitative estimate of drug-likeness (QED) is 0.721. The smallest absolute Gasteiger partial charge is 0.314 e. The van der Waals surface area contributed by atoms with Gasteiger partial charge in [0.05, 0.1) is 35.2 Å². The first-order valence-corrected chi connectivity index (χ1v) is 11.0. The molecule has 8 heteroatoms. The van der Waals surface area contributed by atoms with Crippen LogP contribution < -0.4 is 4.90 Å². The zero-order chi connectivity index (χ0) is 20.1. The first-order valence-electron chi connectivity index (χ1n) is 8.84. The van der Waals surface area contributed by atoms with E-state index >= 15 is 0 Å². The summed E-state index contributed by atoms with van der Waals surface area (Å²) in [6.07, 6.45) is 0. The van der Waals surface area contributed by atoms with Gasteiger partial charge in [0.15, 0.2) is 9.84 Å². The molecule has 0 N–H and O–H groups in total. The first kappa shape index (κ1) is 18.8. The molecule has 0 aromatic heterocycles. The number of nitriles is 1. The number of carbonyl (C=O) groups is 1. The van der Waals surface area contributed by atoms with E-state index in [0.717, 1.165) is 11.1 Å². The van der Waals surface area contributed by atoms with Gasteiger partial charge in [-0.2, -0.15) is 5.26 Å². The fourth-order valence-corrected chi connectivity index (χ4v) is 6.06. The van der Waals surface area contributed by atoms with Crippen molar-refractivity contribution in [1.29, 1.82) is 5.26 Å². The molecule has 2 aromatic rings. The summed E-state index contributed by atoms with van der Waals surface area (Å²) in [4.78, 5) is 16.4. The molecule has 2 aliphatic heterocycles. The van der Waals surface area contributed by atoms with Crippen molar-refractivity contribution in [2.24, 2.45) is 0 Å². The molecule has 0 unspecified atom stereocenters. The highest BCUT2D eigenvalue weighted by Gasteiger charge is 2.53. The van der Waals surface area contributed by atoms with Gasteiger partial charge in [-0.1, -0.05) is 29.8 Å². The van der Waals surface area contributed by atoms with Crippen LogP contribution in [0.15, 0.2) is 42.5 Å². The lowest BCUT2D eigenvalue weighted by atomic mass is 10.1. The van der Waals surface area contributed by atoms with Gasteiger partial charge in [0, 0.05) is 17.3 Å². The van der Waals surface area contributed by atoms with Crippen LogP contribution in [0.25, 0.3) is 0 Å². The lowest BCUT2D eigenvalue weighted by Crippen LogP contribution is -2.37. The third-order valence-corrected chi connectivity index (χ3v) is 7.43. The fourth-order valence-electron chi connectivity index (χ4n) is 3.93. The summed E-state index contributed by atoms with van der Waals surface area (Å²) in [6, 6.07) is 13.3. The predicted molar refractivity (Wildman–Crippen MR) is 107 cm³/mol. The Hall–Kier alpha value is -2.56. The summed E-state index contributed by atoms with van der Waals surface area (Å²) < 4.78 is 24.6. The first-order chi connectivity index (χ1) is 13.3. The molecule has 0 aliphatic carbocycles. The van der Waals surface area contributed by atoms with Gasteiger partial charge in [-0.25, -0.2) is 13.2 Å². The topological polar surface area (TPSA) is 81.5 Å². The summed E-state index contributed by atoms with van der Waals surface area (Å²) in [5.74, 6) is -0.124. The van der Waals surface area contributed by atoms with E-state index < -0.39 is 21.9 Å². The molecule has 0 saturated carbocycles. The van der Waals surface area contributed by atoms with Crippen LogP contribution in [0.5, 0.6) is 0 Å². The number of carbonyl (C=O) groups excluding carboxylic acids is 1. The van der Waals surface area contributed by atoms with E-state index in [2.05, 4.69) is 6.07 Å². The number of hydrogen-bond acceptors (Lipinski definition) is 4. The molecule has 4 rings (SSSR count). The number of anilines is 1. The fraction of sp³-hybridized carbons (Fsp3) is 0.300. The molecular weight excluding hydrogens is 398 g/mol. The Morgan fingerprint density at radius 1 is 1.18 bits per heavy atom. The van der Waals surface area contributed by atoms with Crippen LogP contribution >= 0.6 is 11.6 Å². The van der Waals surface area contributed by atoms with E-state index in [0.29, 0.717) is 16.3 Å². The van der Waals surface area contributed by atoms with E-state index in [-0.39, 0.29) is 24.1 Å². The molecule has 6 nitrogen and oxygen atoms in total. The summed E-state index contributed by atoms with van der Waals surface area (Å²) >= 11 is 6.24. The van der Waals surface area contributed by atoms with E-state index in [1.54, 1.807) is 40.1 Å². The minimum atomic E-state index is -3.25. The number of benzene rings is 2. The Kier molecular flexibility index (Phi) is 4.56. The van der Waals surface area contributed by atoms with Crippen molar-refractivity contribution in [2.45, 2.75) is 25.6 Å². The van der Waals surface area contributed by atoms with E-state index in [1.165, 1.54) is 0 Å². The van der Waals surface area contributed by atoms with Gasteiger partial charge in [-0.15, -0.1) is 0 Å². The SMILES string of the molecule is Cc1ccc(N2C(=O)N(Cc3cccc(C#N)c3)[C@@H]3CS(=O)(=O)C[C@H]32)cc1Cl. The molecule has 0 bridgehead atoms. The van der Waals surface area contributed by atoms with E-state index in [4.69, 9.17) is 16.9 Å². The second-order valence-electron chi connectivity index (χ2n) is 7.24. The van der Waals surface area contributed by atoms with Crippen molar-refractivity contribution in [3.8, 4) is 6.07 Å². The summed E-state index contributed by atoms with van der Waals surface area (Å²) in [6.45, 7) is 2.12. The lowest BCUT2D eigenvalue weighted by Gasteiger charge is -2.23. The van der Waals surface area contributed by atoms with Crippen molar-refractivity contribution < 1.29 is 13.2 Å². The average Bonchev–Trinajstić information content (AvgIpc) is 3.08. The number of hydrogen-bond donors (Lipinski definition) is 0. The molecule has 2 fully saturated rings. The number of fused-ring (bicyclic) bond motifs is 1. The van der Waals surface area contributed by atoms with Gasteiger partial charge in [0.2, 0.25) is 0 Å². The highest BCUT2D eigenvalue weighted by atomic mass is 35.5. The van der Waals surface area contributed by atoms with Gasteiger partial charge in [0.1, 0.15) is 0 Å². The van der Waals surface area contributed by atoms with Crippen molar-refractivity contribution in [3.05, 3.63) is 64.2 Å². The van der Waals surface area contributed by atoms with Crippen LogP contribution in [0.2, 0.25) is 5.02 Å². The van der Waals surface area contributed by atoms with E-state index in [9.17, 15) is 13.2 Å². The van der Waals surface area contributed by atoms with Gasteiger partial charge >= 0.3 is 6.03 Å². The number of aryl methyl sites for hydroxylation is 1. The van der Waals surface area contributed by atoms with E-state index in [1.807, 2.05) is 19.1 Å². The number of rotatable bonds is 3. The van der Waals surface area contributed by atoms with Crippen LogP contribution in [0.4, 0.5) is 10.5 Å². The molecule has 0 radical (unpaired) electrons. The summed E-state index contributed by atoms with van der Waals surface area (Å²) in [5.41, 5.74) is 2.78. The minimum Gasteiger partial charge on any atom is -0.314 e. The highest BCUT2D eigenvalue weighted by Crippen LogP contribution is 2.37. The zero-order valence-electron chi connectivity index (χ0n) is 15.2. The largest absolute Gasteiger partial charge is 0.325 e. The molecule has 2 aliphatic rings. The summed E-state index contributed by atoms with van der Waals surface area (Å²) in [5, 5.41) is 9.63. The zero-order valence-corrected chi connectivity index (χ0v) is 16.7. The third-order valence-electron chi connectivity index (χ3n) is 5.32. The molecule has 2 saturated heterocycles. The molecule has 2 heterocycles. The second-order valence-corrected chi connectivity index (χ2v) is 9.80. The third kappa shape index (κ3) is 3.23. The van der Waals surface area contributed by atoms with Crippen LogP contribution in [0.3, 0.4) is 0 Å². The van der Waals surface area contributed by atoms with Crippen LogP contribution in [-0.4, -0.2) is 42.9 Å². The number of sulfone groups is 1. The van der Waals surface area contributed by atoms with Crippen molar-refractivity contribution >= 4 is 33.2 Å². The molecule has 28 heavy (non-hydrogen) atoms. The Balaban J connectivity index is 1.72. The maximum Gasteiger partial charge on any atom is 0.325 e. The Labute approximate surface area is 168 Å². The van der Waals surface area contributed by atoms with Crippen LogP contribution in [-0.2, 0) is 16.4 Å². The van der Waals surface area contributed by atoms with Crippen molar-refractivity contribution in [1.82, 2.24) is 4.90 Å². The average molecular weight is 416 g/mol. The lowest BCUT2D eigenvalue weighted by molar-refractivity contribution is 0.206. The van der Waals surface area contributed by atoms with Crippen molar-refractivity contribution in [2.75, 3.05) is 16.4 Å². The molecule has 0 spiro atoms. The molecular formula is C20H18ClN3O3S. The monoisotopic (exact) mass is 415 g/mol. The van der Waals surface area contributed by atoms with Gasteiger partial charge in [0.25, 0.3) is 0 Å². The highest BCUT2D eigenvalue weighted by molar-refractivity contribution is 7.91.